The summed E-state index contributed by atoms with van der Waals surface area (Å²) in [6.07, 6.45) is -0.444. The third kappa shape index (κ3) is 3.78. The maximum Gasteiger partial charge on any atom is 0.409 e. The highest BCUT2D eigenvalue weighted by atomic mass is 32.2. The van der Waals surface area contributed by atoms with Crippen molar-refractivity contribution < 1.29 is 17.9 Å². The van der Waals surface area contributed by atoms with Gasteiger partial charge in [-0.25, -0.2) is 18.0 Å². The molecular formula is C26H24N4O5S. The summed E-state index contributed by atoms with van der Waals surface area (Å²) in [7, 11) is -3.77. The van der Waals surface area contributed by atoms with E-state index < -0.39 is 21.8 Å². The number of H-pyrrole nitrogens is 2. The third-order valence-electron chi connectivity index (χ3n) is 6.96. The lowest BCUT2D eigenvalue weighted by atomic mass is 9.98. The quantitative estimate of drug-likeness (QED) is 0.443. The maximum atomic E-state index is 13.1. The Labute approximate surface area is 207 Å². The number of nitrogens with one attached hydrogen (secondary N) is 2. The number of hydrogen-bond donors (Lipinski definition) is 2. The van der Waals surface area contributed by atoms with Crippen molar-refractivity contribution in [1.82, 2.24) is 19.2 Å². The first kappa shape index (κ1) is 22.6. The van der Waals surface area contributed by atoms with Gasteiger partial charge < -0.3 is 19.6 Å². The average Bonchev–Trinajstić information content (AvgIpc) is 3.43. The third-order valence-corrected chi connectivity index (χ3v) is 8.85. The minimum atomic E-state index is -3.77. The van der Waals surface area contributed by atoms with Gasteiger partial charge in [0.2, 0.25) is 10.0 Å². The number of aromatic amines is 2. The van der Waals surface area contributed by atoms with Crippen molar-refractivity contribution in [2.45, 2.75) is 10.8 Å². The van der Waals surface area contributed by atoms with E-state index in [2.05, 4.69) is 34.2 Å². The summed E-state index contributed by atoms with van der Waals surface area (Å²) in [5, 5.41) is 0. The predicted octanol–water partition coefficient (Wildman–Crippen LogP) is 3.11. The van der Waals surface area contributed by atoms with Crippen molar-refractivity contribution >= 4 is 27.1 Å². The van der Waals surface area contributed by atoms with Crippen LogP contribution in [0.4, 0.5) is 4.79 Å². The van der Waals surface area contributed by atoms with Crippen LogP contribution in [0.15, 0.2) is 76.4 Å². The van der Waals surface area contributed by atoms with E-state index in [-0.39, 0.29) is 43.6 Å². The van der Waals surface area contributed by atoms with E-state index in [0.29, 0.717) is 11.0 Å². The van der Waals surface area contributed by atoms with E-state index in [0.717, 1.165) is 22.3 Å². The lowest BCUT2D eigenvalue weighted by molar-refractivity contribution is 0.0871. The standard InChI is InChI=1S/C26H24N4O5S/c31-25-27-23-10-9-17(15-24(23)28-25)36(33,34)30-13-11-29(12-14-30)26(32)35-16-22-20-7-3-1-5-18(20)19-6-2-4-8-21(19)22/h1-10,15,22H,11-14,16H2,(H2,27,28,31). The molecule has 1 aromatic heterocycles. The Kier molecular flexibility index (Phi) is 5.42. The van der Waals surface area contributed by atoms with Gasteiger partial charge in [-0.15, -0.1) is 0 Å². The van der Waals surface area contributed by atoms with Gasteiger partial charge in [0.05, 0.1) is 15.9 Å². The van der Waals surface area contributed by atoms with Crippen LogP contribution in [0.5, 0.6) is 0 Å². The van der Waals surface area contributed by atoms with Crippen LogP contribution < -0.4 is 5.69 Å². The average molecular weight is 505 g/mol. The molecule has 0 unspecified atom stereocenters. The number of sulfonamides is 1. The van der Waals surface area contributed by atoms with E-state index in [4.69, 9.17) is 4.74 Å². The Balaban J connectivity index is 1.11. The number of amides is 1. The lowest BCUT2D eigenvalue weighted by Gasteiger charge is -2.33. The minimum Gasteiger partial charge on any atom is -0.448 e. The number of rotatable bonds is 4. The fourth-order valence-electron chi connectivity index (χ4n) is 5.12. The van der Waals surface area contributed by atoms with Crippen LogP contribution in [0.25, 0.3) is 22.2 Å². The molecule has 2 heterocycles. The van der Waals surface area contributed by atoms with Gasteiger partial charge in [0, 0.05) is 32.1 Å². The predicted molar refractivity (Wildman–Crippen MR) is 134 cm³/mol. The monoisotopic (exact) mass is 504 g/mol. The van der Waals surface area contributed by atoms with E-state index in [1.165, 1.54) is 16.4 Å². The van der Waals surface area contributed by atoms with Crippen molar-refractivity contribution in [2.24, 2.45) is 0 Å². The van der Waals surface area contributed by atoms with Gasteiger partial charge in [0.15, 0.2) is 0 Å². The molecular weight excluding hydrogens is 480 g/mol. The molecule has 1 fully saturated rings. The minimum absolute atomic E-state index is 0.0298. The number of nitrogens with zero attached hydrogens (tertiary/aromatic N) is 2. The number of ether oxygens (including phenoxy) is 1. The van der Waals surface area contributed by atoms with E-state index in [1.807, 2.05) is 24.3 Å². The molecule has 10 heteroatoms. The van der Waals surface area contributed by atoms with Crippen molar-refractivity contribution in [3.8, 4) is 11.1 Å². The summed E-state index contributed by atoms with van der Waals surface area (Å²) in [5.74, 6) is -0.0298. The van der Waals surface area contributed by atoms with Gasteiger partial charge in [0.1, 0.15) is 6.61 Å². The topological polar surface area (TPSA) is 116 Å². The van der Waals surface area contributed by atoms with Crippen LogP contribution in [0.1, 0.15) is 17.0 Å². The normalized spacial score (nSPS) is 16.2. The highest BCUT2D eigenvalue weighted by Gasteiger charge is 2.33. The van der Waals surface area contributed by atoms with Gasteiger partial charge in [0.25, 0.3) is 0 Å². The number of fused-ring (bicyclic) bond motifs is 4. The summed E-state index contributed by atoms with van der Waals surface area (Å²) in [4.78, 5) is 31.2. The highest BCUT2D eigenvalue weighted by Crippen LogP contribution is 2.44. The molecule has 0 atom stereocenters. The second kappa shape index (κ2) is 8.65. The molecule has 0 saturated carbocycles. The summed E-state index contributed by atoms with van der Waals surface area (Å²) in [6.45, 7) is 1.01. The molecule has 0 radical (unpaired) electrons. The first-order valence-corrected chi connectivity index (χ1v) is 13.2. The number of benzene rings is 3. The second-order valence-electron chi connectivity index (χ2n) is 8.98. The van der Waals surface area contributed by atoms with Gasteiger partial charge in [-0.1, -0.05) is 48.5 Å². The molecule has 2 aliphatic rings. The van der Waals surface area contributed by atoms with Crippen molar-refractivity contribution in [3.63, 3.8) is 0 Å². The lowest BCUT2D eigenvalue weighted by Crippen LogP contribution is -2.50. The Hall–Kier alpha value is -3.89. The van der Waals surface area contributed by atoms with Gasteiger partial charge in [-0.05, 0) is 40.5 Å². The summed E-state index contributed by atoms with van der Waals surface area (Å²) in [6, 6.07) is 20.8. The summed E-state index contributed by atoms with van der Waals surface area (Å²) < 4.78 is 33.3. The van der Waals surface area contributed by atoms with Crippen LogP contribution in [0.2, 0.25) is 0 Å². The molecule has 6 rings (SSSR count). The van der Waals surface area contributed by atoms with Crippen LogP contribution in [0.3, 0.4) is 0 Å². The van der Waals surface area contributed by atoms with E-state index in [9.17, 15) is 18.0 Å². The van der Waals surface area contributed by atoms with Gasteiger partial charge >= 0.3 is 11.8 Å². The van der Waals surface area contributed by atoms with Crippen molar-refractivity contribution in [3.05, 3.63) is 88.3 Å². The fourth-order valence-corrected chi connectivity index (χ4v) is 6.57. The van der Waals surface area contributed by atoms with Gasteiger partial charge in [-0.3, -0.25) is 0 Å². The zero-order chi connectivity index (χ0) is 24.9. The molecule has 1 aliphatic heterocycles. The first-order valence-electron chi connectivity index (χ1n) is 11.7. The molecule has 3 aromatic carbocycles. The Morgan fingerprint density at radius 1 is 0.861 bits per heavy atom. The van der Waals surface area contributed by atoms with Crippen LogP contribution in [0, 0.1) is 0 Å². The number of imidazole rings is 1. The molecule has 2 N–H and O–H groups in total. The Morgan fingerprint density at radius 3 is 2.14 bits per heavy atom. The zero-order valence-electron chi connectivity index (χ0n) is 19.3. The molecule has 9 nitrogen and oxygen atoms in total. The van der Waals surface area contributed by atoms with Crippen LogP contribution in [-0.4, -0.2) is 66.5 Å². The molecule has 0 spiro atoms. The second-order valence-corrected chi connectivity index (χ2v) is 10.9. The summed E-state index contributed by atoms with van der Waals surface area (Å²) in [5.41, 5.74) is 5.18. The van der Waals surface area contributed by atoms with Crippen molar-refractivity contribution in [1.29, 1.82) is 0 Å². The first-order chi connectivity index (χ1) is 17.4. The SMILES string of the molecule is O=C(OCC1c2ccccc2-c2ccccc21)N1CCN(S(=O)(=O)c2ccc3[nH]c(=O)[nH]c3c2)CC1. The van der Waals surface area contributed by atoms with Crippen LogP contribution >= 0.6 is 0 Å². The number of aromatic nitrogens is 2. The molecule has 4 aromatic rings. The fraction of sp³-hybridized carbons (Fsp3) is 0.231. The number of carbonyl (C=O) groups is 1. The van der Waals surface area contributed by atoms with Gasteiger partial charge in [-0.2, -0.15) is 4.31 Å². The number of piperazine rings is 1. The molecule has 36 heavy (non-hydrogen) atoms. The van der Waals surface area contributed by atoms with E-state index >= 15 is 0 Å². The Bertz CT molecular complexity index is 1590. The zero-order valence-corrected chi connectivity index (χ0v) is 20.1. The maximum absolute atomic E-state index is 13.1. The smallest absolute Gasteiger partial charge is 0.409 e. The number of hydrogen-bond acceptors (Lipinski definition) is 5. The molecule has 0 bridgehead atoms. The highest BCUT2D eigenvalue weighted by molar-refractivity contribution is 7.89. The molecule has 1 aliphatic carbocycles. The largest absolute Gasteiger partial charge is 0.448 e. The number of carbonyl (C=O) groups excluding carboxylic acids is 1. The Morgan fingerprint density at radius 2 is 1.47 bits per heavy atom. The van der Waals surface area contributed by atoms with Crippen molar-refractivity contribution in [2.75, 3.05) is 32.8 Å². The summed E-state index contributed by atoms with van der Waals surface area (Å²) >= 11 is 0. The van der Waals surface area contributed by atoms with E-state index in [1.54, 1.807) is 11.0 Å². The molecule has 184 valence electrons. The molecule has 1 amide bonds. The van der Waals surface area contributed by atoms with Crippen LogP contribution in [-0.2, 0) is 14.8 Å². The molecule has 1 saturated heterocycles.